The molecule has 0 amide bonds. The van der Waals surface area contributed by atoms with Crippen LogP contribution in [0.1, 0.15) is 31.7 Å². The van der Waals surface area contributed by atoms with Gasteiger partial charge in [-0.25, -0.2) is 0 Å². The van der Waals surface area contributed by atoms with E-state index >= 15 is 0 Å². The number of hydrogen-bond donors (Lipinski definition) is 1. The first kappa shape index (κ1) is 17.2. The average molecular weight is 338 g/mol. The van der Waals surface area contributed by atoms with Crippen LogP contribution < -0.4 is 4.74 Å². The average Bonchev–Trinajstić information content (AvgIpc) is 2.59. The van der Waals surface area contributed by atoms with E-state index in [-0.39, 0.29) is 17.3 Å². The summed E-state index contributed by atoms with van der Waals surface area (Å²) in [5, 5.41) is 10.5. The SMILES string of the molecule is C=CC1=CCC2C(=O)C(C)=CC(=O)C2(C)C1c1c(O)cccc1OC. The van der Waals surface area contributed by atoms with Gasteiger partial charge in [-0.3, -0.25) is 9.59 Å². The summed E-state index contributed by atoms with van der Waals surface area (Å²) in [4.78, 5) is 25.8. The molecule has 1 N–H and O–H groups in total. The maximum Gasteiger partial charge on any atom is 0.163 e. The standard InChI is InChI=1S/C21H22O4/c1-5-13-9-10-14-20(24)12(2)11-17(23)21(14,3)19(13)18-15(22)7-6-8-16(18)25-4/h5-9,11,14,19,22H,1,10H2,2-4H3. The largest absolute Gasteiger partial charge is 0.508 e. The minimum atomic E-state index is -0.985. The molecule has 0 spiro atoms. The number of carbonyl (C=O) groups is 2. The van der Waals surface area contributed by atoms with Gasteiger partial charge < -0.3 is 9.84 Å². The lowest BCUT2D eigenvalue weighted by Gasteiger charge is -2.47. The molecule has 0 saturated heterocycles. The summed E-state index contributed by atoms with van der Waals surface area (Å²) in [6, 6.07) is 5.01. The molecule has 0 saturated carbocycles. The smallest absolute Gasteiger partial charge is 0.163 e. The Kier molecular flexibility index (Phi) is 4.15. The Morgan fingerprint density at radius 1 is 1.36 bits per heavy atom. The predicted octanol–water partition coefficient (Wildman–Crippen LogP) is 3.72. The molecule has 4 nitrogen and oxygen atoms in total. The quantitative estimate of drug-likeness (QED) is 0.912. The number of phenolic OH excluding ortho intramolecular Hbond substituents is 1. The zero-order valence-electron chi connectivity index (χ0n) is 14.7. The van der Waals surface area contributed by atoms with Crippen molar-refractivity contribution in [2.75, 3.05) is 7.11 Å². The van der Waals surface area contributed by atoms with Crippen LogP contribution in [0.5, 0.6) is 11.5 Å². The Morgan fingerprint density at radius 2 is 2.08 bits per heavy atom. The van der Waals surface area contributed by atoms with E-state index < -0.39 is 17.3 Å². The van der Waals surface area contributed by atoms with E-state index in [1.54, 1.807) is 31.2 Å². The van der Waals surface area contributed by atoms with E-state index in [2.05, 4.69) is 6.58 Å². The van der Waals surface area contributed by atoms with E-state index in [1.807, 2.05) is 13.0 Å². The van der Waals surface area contributed by atoms with Crippen LogP contribution in [0.4, 0.5) is 0 Å². The van der Waals surface area contributed by atoms with E-state index in [0.717, 1.165) is 5.57 Å². The molecule has 0 fully saturated rings. The second-order valence-electron chi connectivity index (χ2n) is 6.86. The van der Waals surface area contributed by atoms with Crippen LogP contribution in [0.3, 0.4) is 0 Å². The third-order valence-electron chi connectivity index (χ3n) is 5.62. The molecular weight excluding hydrogens is 316 g/mol. The molecule has 1 aromatic rings. The van der Waals surface area contributed by atoms with Gasteiger partial charge in [-0.15, -0.1) is 0 Å². The number of Topliss-reactive ketones (excluding diaryl/α,β-unsaturated/α-hetero) is 1. The summed E-state index contributed by atoms with van der Waals surface area (Å²) in [7, 11) is 1.52. The molecule has 1 aromatic carbocycles. The monoisotopic (exact) mass is 338 g/mol. The highest BCUT2D eigenvalue weighted by Gasteiger charge is 2.55. The van der Waals surface area contributed by atoms with Crippen LogP contribution in [0.15, 0.2) is 54.2 Å². The molecule has 3 unspecified atom stereocenters. The molecule has 0 radical (unpaired) electrons. The summed E-state index contributed by atoms with van der Waals surface area (Å²) in [6.45, 7) is 7.37. The number of allylic oxidation sites excluding steroid dienone is 5. The van der Waals surface area contributed by atoms with E-state index in [1.165, 1.54) is 13.2 Å². The topological polar surface area (TPSA) is 63.6 Å². The van der Waals surface area contributed by atoms with Gasteiger partial charge in [0.15, 0.2) is 11.6 Å². The molecule has 25 heavy (non-hydrogen) atoms. The summed E-state index contributed by atoms with van der Waals surface area (Å²) in [5.41, 5.74) is 0.858. The van der Waals surface area contributed by atoms with Gasteiger partial charge in [0, 0.05) is 17.4 Å². The Balaban J connectivity index is 2.31. The van der Waals surface area contributed by atoms with Crippen molar-refractivity contribution in [2.24, 2.45) is 11.3 Å². The van der Waals surface area contributed by atoms with Crippen molar-refractivity contribution < 1.29 is 19.4 Å². The Bertz CT molecular complexity index is 830. The Labute approximate surface area is 147 Å². The molecule has 2 aliphatic carbocycles. The number of benzene rings is 1. The fourth-order valence-corrected chi connectivity index (χ4v) is 4.22. The van der Waals surface area contributed by atoms with Crippen molar-refractivity contribution in [1.82, 2.24) is 0 Å². The summed E-state index contributed by atoms with van der Waals surface area (Å²) in [6.07, 6.45) is 5.56. The molecule has 0 aliphatic heterocycles. The van der Waals surface area contributed by atoms with Gasteiger partial charge in [0.1, 0.15) is 11.5 Å². The van der Waals surface area contributed by atoms with Crippen LogP contribution >= 0.6 is 0 Å². The third kappa shape index (κ3) is 2.36. The van der Waals surface area contributed by atoms with Crippen molar-refractivity contribution in [3.8, 4) is 11.5 Å². The highest BCUT2D eigenvalue weighted by molar-refractivity contribution is 6.13. The molecule has 3 atom stereocenters. The second-order valence-corrected chi connectivity index (χ2v) is 6.86. The Morgan fingerprint density at radius 3 is 2.72 bits per heavy atom. The fraction of sp³-hybridized carbons (Fsp3) is 0.333. The number of aromatic hydroxyl groups is 1. The summed E-state index contributed by atoms with van der Waals surface area (Å²) < 4.78 is 5.45. The lowest BCUT2D eigenvalue weighted by atomic mass is 9.53. The molecule has 2 aliphatic rings. The minimum absolute atomic E-state index is 0.0131. The maximum atomic E-state index is 13.0. The van der Waals surface area contributed by atoms with Crippen LogP contribution in [-0.2, 0) is 9.59 Å². The number of methoxy groups -OCH3 is 1. The van der Waals surface area contributed by atoms with Gasteiger partial charge >= 0.3 is 0 Å². The van der Waals surface area contributed by atoms with E-state index in [0.29, 0.717) is 23.3 Å². The van der Waals surface area contributed by atoms with Crippen molar-refractivity contribution in [3.63, 3.8) is 0 Å². The van der Waals surface area contributed by atoms with Gasteiger partial charge in [0.05, 0.1) is 12.5 Å². The van der Waals surface area contributed by atoms with Crippen LogP contribution in [0.2, 0.25) is 0 Å². The van der Waals surface area contributed by atoms with E-state index in [4.69, 9.17) is 4.74 Å². The number of carbonyl (C=O) groups excluding carboxylic acids is 2. The molecule has 4 heteroatoms. The van der Waals surface area contributed by atoms with Gasteiger partial charge in [-0.2, -0.15) is 0 Å². The van der Waals surface area contributed by atoms with Gasteiger partial charge in [0.25, 0.3) is 0 Å². The minimum Gasteiger partial charge on any atom is -0.508 e. The molecular formula is C21H22O4. The summed E-state index contributed by atoms with van der Waals surface area (Å²) >= 11 is 0. The molecule has 3 rings (SSSR count). The van der Waals surface area contributed by atoms with Gasteiger partial charge in [-0.1, -0.05) is 31.7 Å². The van der Waals surface area contributed by atoms with Crippen LogP contribution in [0.25, 0.3) is 0 Å². The molecule has 0 bridgehead atoms. The molecule has 0 heterocycles. The summed E-state index contributed by atoms with van der Waals surface area (Å²) in [5.74, 6) is -0.529. The zero-order valence-corrected chi connectivity index (χ0v) is 14.7. The lowest BCUT2D eigenvalue weighted by Crippen LogP contribution is -2.49. The Hall–Kier alpha value is -2.62. The number of rotatable bonds is 3. The highest BCUT2D eigenvalue weighted by Crippen LogP contribution is 2.57. The zero-order chi connectivity index (χ0) is 18.4. The van der Waals surface area contributed by atoms with Crippen molar-refractivity contribution in [3.05, 3.63) is 59.7 Å². The molecule has 0 aromatic heterocycles. The van der Waals surface area contributed by atoms with E-state index in [9.17, 15) is 14.7 Å². The first-order valence-corrected chi connectivity index (χ1v) is 8.31. The predicted molar refractivity (Wildman–Crippen MR) is 95.7 cm³/mol. The number of hydrogen-bond acceptors (Lipinski definition) is 4. The lowest BCUT2D eigenvalue weighted by molar-refractivity contribution is -0.137. The first-order chi connectivity index (χ1) is 11.9. The maximum absolute atomic E-state index is 13.0. The second kappa shape index (κ2) is 6.03. The van der Waals surface area contributed by atoms with Crippen molar-refractivity contribution in [1.29, 1.82) is 0 Å². The van der Waals surface area contributed by atoms with Crippen LogP contribution in [0, 0.1) is 11.3 Å². The fourth-order valence-electron chi connectivity index (χ4n) is 4.22. The number of ketones is 2. The van der Waals surface area contributed by atoms with Crippen LogP contribution in [-0.4, -0.2) is 23.8 Å². The molecule has 130 valence electrons. The van der Waals surface area contributed by atoms with Crippen molar-refractivity contribution in [2.45, 2.75) is 26.2 Å². The number of phenols is 1. The van der Waals surface area contributed by atoms with Gasteiger partial charge in [0.2, 0.25) is 0 Å². The highest BCUT2D eigenvalue weighted by atomic mass is 16.5. The van der Waals surface area contributed by atoms with Gasteiger partial charge in [-0.05, 0) is 42.7 Å². The third-order valence-corrected chi connectivity index (χ3v) is 5.62. The number of fused-ring (bicyclic) bond motifs is 1. The first-order valence-electron chi connectivity index (χ1n) is 8.31. The normalized spacial score (nSPS) is 28.8. The van der Waals surface area contributed by atoms with Crippen molar-refractivity contribution >= 4 is 11.6 Å². The number of ether oxygens (including phenoxy) is 1.